The standard InChI is InChI=1S/C19H20Cl2FN7S/c1-3-4-10(2)26-18-15(13-6-5-12(22)7-14(13)20)16(21)27-17-11(9-25-29(17)18)8-24-28-19(23)30/h5-10,26H,3-4H2,1-2H3,(H3,23,28,30)/b24-8+. The maximum Gasteiger partial charge on any atom is 0.184 e. The second-order valence-corrected chi connectivity index (χ2v) is 7.86. The Labute approximate surface area is 188 Å². The lowest BCUT2D eigenvalue weighted by Gasteiger charge is -2.20. The molecule has 0 spiro atoms. The summed E-state index contributed by atoms with van der Waals surface area (Å²) in [5.74, 6) is 0.159. The van der Waals surface area contributed by atoms with E-state index in [4.69, 9.17) is 41.2 Å². The molecule has 0 bridgehead atoms. The van der Waals surface area contributed by atoms with Crippen LogP contribution in [0.2, 0.25) is 10.2 Å². The van der Waals surface area contributed by atoms with Crippen LogP contribution >= 0.6 is 35.4 Å². The first-order valence-corrected chi connectivity index (χ1v) is 10.4. The predicted molar refractivity (Wildman–Crippen MR) is 124 cm³/mol. The topological polar surface area (TPSA) is 92.6 Å². The first-order chi connectivity index (χ1) is 14.3. The van der Waals surface area contributed by atoms with Gasteiger partial charge in [0.25, 0.3) is 0 Å². The van der Waals surface area contributed by atoms with E-state index in [-0.39, 0.29) is 21.3 Å². The summed E-state index contributed by atoms with van der Waals surface area (Å²) in [7, 11) is 0. The molecule has 0 fully saturated rings. The number of fused-ring (bicyclic) bond motifs is 1. The van der Waals surface area contributed by atoms with Crippen LogP contribution in [0.4, 0.5) is 10.2 Å². The molecule has 1 atom stereocenters. The van der Waals surface area contributed by atoms with Crippen LogP contribution < -0.4 is 16.5 Å². The number of aromatic nitrogens is 3. The van der Waals surface area contributed by atoms with Crippen LogP contribution in [0.1, 0.15) is 32.3 Å². The number of anilines is 1. The fourth-order valence-corrected chi connectivity index (χ4v) is 3.63. The van der Waals surface area contributed by atoms with Crippen molar-refractivity contribution in [1.82, 2.24) is 20.0 Å². The van der Waals surface area contributed by atoms with Crippen LogP contribution in [0.25, 0.3) is 16.8 Å². The minimum atomic E-state index is -0.439. The lowest BCUT2D eigenvalue weighted by molar-refractivity contribution is 0.628. The Bertz CT molecular complexity index is 1120. The molecule has 11 heteroatoms. The summed E-state index contributed by atoms with van der Waals surface area (Å²) < 4.78 is 15.2. The van der Waals surface area contributed by atoms with Crippen LogP contribution in [-0.4, -0.2) is 32.0 Å². The highest BCUT2D eigenvalue weighted by Gasteiger charge is 2.22. The van der Waals surface area contributed by atoms with Crippen molar-refractivity contribution in [3.8, 4) is 11.1 Å². The first-order valence-electron chi connectivity index (χ1n) is 9.19. The van der Waals surface area contributed by atoms with Gasteiger partial charge in [0.05, 0.1) is 28.6 Å². The summed E-state index contributed by atoms with van der Waals surface area (Å²) in [5.41, 5.74) is 10.0. The number of nitrogens with two attached hydrogens (primary N) is 1. The van der Waals surface area contributed by atoms with Crippen molar-refractivity contribution >= 4 is 58.2 Å². The number of benzene rings is 1. The molecule has 3 rings (SSSR count). The molecule has 0 saturated heterocycles. The molecule has 1 aromatic carbocycles. The van der Waals surface area contributed by atoms with E-state index in [2.05, 4.69) is 39.8 Å². The van der Waals surface area contributed by atoms with E-state index in [1.54, 1.807) is 16.8 Å². The third-order valence-electron chi connectivity index (χ3n) is 4.31. The Kier molecular flexibility index (Phi) is 7.06. The summed E-state index contributed by atoms with van der Waals surface area (Å²) >= 11 is 17.6. The van der Waals surface area contributed by atoms with E-state index < -0.39 is 5.82 Å². The predicted octanol–water partition coefficient (Wildman–Crippen LogP) is 4.61. The lowest BCUT2D eigenvalue weighted by Crippen LogP contribution is -2.24. The van der Waals surface area contributed by atoms with Crippen LogP contribution in [0.15, 0.2) is 29.5 Å². The maximum atomic E-state index is 13.6. The van der Waals surface area contributed by atoms with E-state index in [1.165, 1.54) is 18.3 Å². The molecule has 0 aliphatic carbocycles. The molecule has 0 saturated carbocycles. The summed E-state index contributed by atoms with van der Waals surface area (Å²) in [4.78, 5) is 4.48. The van der Waals surface area contributed by atoms with Crippen molar-refractivity contribution in [1.29, 1.82) is 0 Å². The second-order valence-electron chi connectivity index (χ2n) is 6.65. The number of halogens is 3. The number of thiocarbonyl (C=S) groups is 1. The third kappa shape index (κ3) is 4.80. The van der Waals surface area contributed by atoms with Crippen molar-refractivity contribution in [3.05, 3.63) is 46.0 Å². The van der Waals surface area contributed by atoms with Crippen molar-refractivity contribution < 1.29 is 4.39 Å². The number of hydrogen-bond donors (Lipinski definition) is 3. The molecule has 2 heterocycles. The van der Waals surface area contributed by atoms with Crippen molar-refractivity contribution in [2.24, 2.45) is 10.8 Å². The number of nitrogens with zero attached hydrogens (tertiary/aromatic N) is 4. The van der Waals surface area contributed by atoms with E-state index in [0.29, 0.717) is 28.2 Å². The quantitative estimate of drug-likeness (QED) is 0.203. The van der Waals surface area contributed by atoms with Gasteiger partial charge in [0, 0.05) is 11.6 Å². The monoisotopic (exact) mass is 467 g/mol. The SMILES string of the molecule is CCCC(C)Nc1c(-c2ccc(F)cc2Cl)c(Cl)nc2c(/C=N/NC(N)=S)cnn12. The molecule has 2 aromatic heterocycles. The van der Waals surface area contributed by atoms with Gasteiger partial charge in [-0.25, -0.2) is 9.37 Å². The molecule has 0 radical (unpaired) electrons. The molecule has 30 heavy (non-hydrogen) atoms. The molecular weight excluding hydrogens is 448 g/mol. The minimum Gasteiger partial charge on any atom is -0.375 e. The number of hydrogen-bond acceptors (Lipinski definition) is 5. The Balaban J connectivity index is 2.21. The second kappa shape index (κ2) is 9.55. The first kappa shape index (κ1) is 22.2. The van der Waals surface area contributed by atoms with Gasteiger partial charge in [-0.05, 0) is 43.8 Å². The minimum absolute atomic E-state index is 0.0395. The molecule has 3 aromatic rings. The van der Waals surface area contributed by atoms with Crippen LogP contribution in [-0.2, 0) is 0 Å². The Hall–Kier alpha value is -2.49. The zero-order chi connectivity index (χ0) is 21.8. The van der Waals surface area contributed by atoms with Gasteiger partial charge in [-0.3, -0.25) is 5.43 Å². The largest absolute Gasteiger partial charge is 0.375 e. The zero-order valence-corrected chi connectivity index (χ0v) is 18.6. The number of nitrogens with one attached hydrogen (secondary N) is 2. The average molecular weight is 468 g/mol. The number of hydrazone groups is 1. The average Bonchev–Trinajstić information content (AvgIpc) is 3.05. The van der Waals surface area contributed by atoms with Crippen molar-refractivity contribution in [2.75, 3.05) is 5.32 Å². The normalized spacial score (nSPS) is 12.4. The molecule has 0 aliphatic heterocycles. The molecular formula is C19H20Cl2FN7S. The smallest absolute Gasteiger partial charge is 0.184 e. The molecule has 4 N–H and O–H groups in total. The summed E-state index contributed by atoms with van der Waals surface area (Å²) in [6.45, 7) is 4.15. The molecule has 1 unspecified atom stereocenters. The van der Waals surface area contributed by atoms with Crippen LogP contribution in [0.3, 0.4) is 0 Å². The van der Waals surface area contributed by atoms with Gasteiger partial charge in [0.1, 0.15) is 16.8 Å². The Morgan fingerprint density at radius 2 is 2.20 bits per heavy atom. The highest BCUT2D eigenvalue weighted by atomic mass is 35.5. The zero-order valence-electron chi connectivity index (χ0n) is 16.3. The molecule has 7 nitrogen and oxygen atoms in total. The Morgan fingerprint density at radius 3 is 2.87 bits per heavy atom. The van der Waals surface area contributed by atoms with Gasteiger partial charge < -0.3 is 11.1 Å². The number of rotatable bonds is 7. The van der Waals surface area contributed by atoms with Gasteiger partial charge in [-0.2, -0.15) is 14.7 Å². The summed E-state index contributed by atoms with van der Waals surface area (Å²) in [6.07, 6.45) is 5.00. The fraction of sp³-hybridized carbons (Fsp3) is 0.263. The molecule has 0 amide bonds. The highest BCUT2D eigenvalue weighted by Crippen LogP contribution is 2.39. The molecule has 158 valence electrons. The Morgan fingerprint density at radius 1 is 1.43 bits per heavy atom. The van der Waals surface area contributed by atoms with Crippen LogP contribution in [0.5, 0.6) is 0 Å². The van der Waals surface area contributed by atoms with E-state index in [1.807, 2.05) is 0 Å². The van der Waals surface area contributed by atoms with Gasteiger partial charge >= 0.3 is 0 Å². The maximum absolute atomic E-state index is 13.6. The van der Waals surface area contributed by atoms with Crippen molar-refractivity contribution in [2.45, 2.75) is 32.7 Å². The fourth-order valence-electron chi connectivity index (χ4n) is 3.04. The summed E-state index contributed by atoms with van der Waals surface area (Å²) in [5, 5.41) is 12.3. The third-order valence-corrected chi connectivity index (χ3v) is 4.99. The van der Waals surface area contributed by atoms with Gasteiger partial charge in [-0.15, -0.1) is 0 Å². The van der Waals surface area contributed by atoms with Gasteiger partial charge in [-0.1, -0.05) is 36.5 Å². The molecule has 0 aliphatic rings. The van der Waals surface area contributed by atoms with E-state index in [0.717, 1.165) is 12.8 Å². The van der Waals surface area contributed by atoms with Crippen LogP contribution in [0, 0.1) is 5.82 Å². The van der Waals surface area contributed by atoms with E-state index >= 15 is 0 Å². The summed E-state index contributed by atoms with van der Waals surface area (Å²) in [6, 6.07) is 4.25. The lowest BCUT2D eigenvalue weighted by atomic mass is 10.1. The van der Waals surface area contributed by atoms with Crippen molar-refractivity contribution in [3.63, 3.8) is 0 Å². The van der Waals surface area contributed by atoms with E-state index in [9.17, 15) is 4.39 Å². The highest BCUT2D eigenvalue weighted by molar-refractivity contribution is 7.80. The van der Waals surface area contributed by atoms with Gasteiger partial charge in [0.15, 0.2) is 10.8 Å². The van der Waals surface area contributed by atoms with Gasteiger partial charge in [0.2, 0.25) is 0 Å².